The van der Waals surface area contributed by atoms with E-state index in [2.05, 4.69) is 26.1 Å². The van der Waals surface area contributed by atoms with Crippen LogP contribution in [0.5, 0.6) is 0 Å². The van der Waals surface area contributed by atoms with Gasteiger partial charge in [-0.15, -0.1) is 0 Å². The number of carbonyl (C=O) groups excluding carboxylic acids is 1. The zero-order valence-corrected chi connectivity index (χ0v) is 13.9. The number of amides is 1. The van der Waals surface area contributed by atoms with E-state index in [9.17, 15) is 4.79 Å². The Morgan fingerprint density at radius 2 is 2.00 bits per heavy atom. The average molecular weight is 322 g/mol. The summed E-state index contributed by atoms with van der Waals surface area (Å²) in [5.74, 6) is 0.730. The largest absolute Gasteiger partial charge is 0.334 e. The highest BCUT2D eigenvalue weighted by molar-refractivity contribution is 5.80. The SMILES string of the molecule is Cc1ccc(C2C[C@@H]3CC[C@H](C2)N(Cc2ccccn2)C3=O)nn1. The molecule has 5 rings (SSSR count). The maximum Gasteiger partial charge on any atom is 0.226 e. The summed E-state index contributed by atoms with van der Waals surface area (Å²) in [5, 5.41) is 8.58. The number of carbonyl (C=O) groups is 1. The van der Waals surface area contributed by atoms with Crippen LogP contribution in [0.1, 0.15) is 48.7 Å². The number of rotatable bonds is 3. The molecule has 0 aromatic carbocycles. The van der Waals surface area contributed by atoms with Gasteiger partial charge in [-0.3, -0.25) is 9.78 Å². The predicted molar refractivity (Wildman–Crippen MR) is 90.0 cm³/mol. The second kappa shape index (κ2) is 6.30. The number of fused-ring (bicyclic) bond motifs is 4. The molecule has 3 aliphatic rings. The average Bonchev–Trinajstić information content (AvgIpc) is 2.89. The van der Waals surface area contributed by atoms with Gasteiger partial charge < -0.3 is 4.90 Å². The first-order valence-electron chi connectivity index (χ1n) is 8.71. The fourth-order valence-corrected chi connectivity index (χ4v) is 4.06. The second-order valence-electron chi connectivity index (χ2n) is 6.98. The first kappa shape index (κ1) is 15.2. The fraction of sp³-hybridized carbons (Fsp3) is 0.474. The van der Waals surface area contributed by atoms with Crippen molar-refractivity contribution >= 4 is 5.91 Å². The summed E-state index contributed by atoms with van der Waals surface area (Å²) in [6.45, 7) is 2.57. The van der Waals surface area contributed by atoms with E-state index in [-0.39, 0.29) is 12.0 Å². The Labute approximate surface area is 142 Å². The van der Waals surface area contributed by atoms with Crippen molar-refractivity contribution in [3.8, 4) is 0 Å². The Balaban J connectivity index is 1.57. The third-order valence-electron chi connectivity index (χ3n) is 5.34. The van der Waals surface area contributed by atoms with Crippen LogP contribution in [-0.2, 0) is 11.3 Å². The molecule has 1 amide bonds. The van der Waals surface area contributed by atoms with Gasteiger partial charge in [-0.2, -0.15) is 10.2 Å². The number of hydrogen-bond acceptors (Lipinski definition) is 4. The number of aromatic nitrogens is 3. The Morgan fingerprint density at radius 1 is 1.08 bits per heavy atom. The number of aryl methyl sites for hydroxylation is 1. The molecule has 5 nitrogen and oxygen atoms in total. The maximum atomic E-state index is 12.9. The third kappa shape index (κ3) is 2.90. The lowest BCUT2D eigenvalue weighted by Gasteiger charge is -2.36. The monoisotopic (exact) mass is 322 g/mol. The molecule has 2 saturated heterocycles. The molecule has 4 heterocycles. The van der Waals surface area contributed by atoms with E-state index >= 15 is 0 Å². The molecule has 3 atom stereocenters. The molecule has 1 saturated carbocycles. The van der Waals surface area contributed by atoms with Crippen LogP contribution in [0, 0.1) is 12.8 Å². The summed E-state index contributed by atoms with van der Waals surface area (Å²) in [6.07, 6.45) is 5.75. The van der Waals surface area contributed by atoms with E-state index < -0.39 is 0 Å². The van der Waals surface area contributed by atoms with Gasteiger partial charge in [0.2, 0.25) is 5.91 Å². The van der Waals surface area contributed by atoms with Gasteiger partial charge in [-0.1, -0.05) is 6.07 Å². The molecule has 24 heavy (non-hydrogen) atoms. The van der Waals surface area contributed by atoms with Crippen molar-refractivity contribution in [1.29, 1.82) is 0 Å². The Kier molecular flexibility index (Phi) is 4.00. The Hall–Kier alpha value is -2.30. The van der Waals surface area contributed by atoms with E-state index in [0.29, 0.717) is 18.4 Å². The smallest absolute Gasteiger partial charge is 0.226 e. The highest BCUT2D eigenvalue weighted by Crippen LogP contribution is 2.41. The number of nitrogens with zero attached hydrogens (tertiary/aromatic N) is 4. The lowest BCUT2D eigenvalue weighted by molar-refractivity contribution is -0.141. The molecule has 2 aromatic heterocycles. The van der Waals surface area contributed by atoms with Gasteiger partial charge in [0.15, 0.2) is 0 Å². The van der Waals surface area contributed by atoms with Crippen LogP contribution in [0.25, 0.3) is 0 Å². The molecule has 124 valence electrons. The van der Waals surface area contributed by atoms with Gasteiger partial charge in [-0.05, 0) is 56.9 Å². The lowest BCUT2D eigenvalue weighted by Crippen LogP contribution is -2.45. The van der Waals surface area contributed by atoms with Crippen LogP contribution >= 0.6 is 0 Å². The zero-order chi connectivity index (χ0) is 16.5. The van der Waals surface area contributed by atoms with Crippen molar-refractivity contribution in [3.63, 3.8) is 0 Å². The summed E-state index contributed by atoms with van der Waals surface area (Å²) < 4.78 is 0. The van der Waals surface area contributed by atoms with Crippen LogP contribution < -0.4 is 0 Å². The molecule has 2 aliphatic heterocycles. The van der Waals surface area contributed by atoms with Crippen LogP contribution in [-0.4, -0.2) is 32.0 Å². The summed E-state index contributed by atoms with van der Waals surface area (Å²) >= 11 is 0. The first-order valence-corrected chi connectivity index (χ1v) is 8.71. The molecule has 2 bridgehead atoms. The standard InChI is InChI=1S/C19H22N4O/c1-13-5-8-18(22-21-13)15-10-14-6-7-17(11-15)23(19(14)24)12-16-4-2-3-9-20-16/h2-5,8-9,14-15,17H,6-7,10-12H2,1H3/t14-,15?,17+/m0/s1. The molecular formula is C19H22N4O. The molecular weight excluding hydrogens is 300 g/mol. The minimum absolute atomic E-state index is 0.112. The summed E-state index contributed by atoms with van der Waals surface area (Å²) in [7, 11) is 0. The van der Waals surface area contributed by atoms with Crippen molar-refractivity contribution in [2.75, 3.05) is 0 Å². The third-order valence-corrected chi connectivity index (χ3v) is 5.34. The van der Waals surface area contributed by atoms with Crippen LogP contribution in [0.4, 0.5) is 0 Å². The summed E-state index contributed by atoms with van der Waals surface area (Å²) in [6, 6.07) is 10.3. The van der Waals surface area contributed by atoms with Crippen molar-refractivity contribution in [3.05, 3.63) is 53.6 Å². The van der Waals surface area contributed by atoms with E-state index in [1.165, 1.54) is 0 Å². The van der Waals surface area contributed by atoms with Gasteiger partial charge in [-0.25, -0.2) is 0 Å². The molecule has 0 N–H and O–H groups in total. The molecule has 1 unspecified atom stereocenters. The van der Waals surface area contributed by atoms with Crippen molar-refractivity contribution in [1.82, 2.24) is 20.1 Å². The van der Waals surface area contributed by atoms with Crippen LogP contribution in [0.3, 0.4) is 0 Å². The quantitative estimate of drug-likeness (QED) is 0.872. The van der Waals surface area contributed by atoms with Gasteiger partial charge in [0.05, 0.1) is 23.6 Å². The Bertz CT molecular complexity index is 716. The Morgan fingerprint density at radius 3 is 2.75 bits per heavy atom. The molecule has 5 heteroatoms. The number of pyridine rings is 1. The molecule has 0 spiro atoms. The van der Waals surface area contributed by atoms with Gasteiger partial charge in [0.25, 0.3) is 0 Å². The topological polar surface area (TPSA) is 59.0 Å². The summed E-state index contributed by atoms with van der Waals surface area (Å²) in [4.78, 5) is 19.4. The van der Waals surface area contributed by atoms with Crippen molar-refractivity contribution in [2.45, 2.75) is 51.1 Å². The first-order chi connectivity index (χ1) is 11.7. The predicted octanol–water partition coefficient (Wildman–Crippen LogP) is 2.86. The number of piperidine rings is 1. The van der Waals surface area contributed by atoms with Crippen LogP contribution in [0.2, 0.25) is 0 Å². The van der Waals surface area contributed by atoms with E-state index in [4.69, 9.17) is 0 Å². The van der Waals surface area contributed by atoms with Gasteiger partial charge in [0, 0.05) is 24.1 Å². The number of hydrogen-bond donors (Lipinski definition) is 0. The molecule has 0 radical (unpaired) electrons. The fourth-order valence-electron chi connectivity index (χ4n) is 4.06. The minimum atomic E-state index is 0.112. The zero-order valence-electron chi connectivity index (χ0n) is 13.9. The van der Waals surface area contributed by atoms with Gasteiger partial charge >= 0.3 is 0 Å². The molecule has 1 aliphatic carbocycles. The highest BCUT2D eigenvalue weighted by Gasteiger charge is 2.42. The van der Waals surface area contributed by atoms with E-state index in [0.717, 1.165) is 42.8 Å². The second-order valence-corrected chi connectivity index (χ2v) is 6.98. The van der Waals surface area contributed by atoms with Gasteiger partial charge in [0.1, 0.15) is 0 Å². The highest BCUT2D eigenvalue weighted by atomic mass is 16.2. The van der Waals surface area contributed by atoms with E-state index in [1.807, 2.05) is 31.2 Å². The van der Waals surface area contributed by atoms with E-state index in [1.54, 1.807) is 6.20 Å². The minimum Gasteiger partial charge on any atom is -0.334 e. The molecule has 2 aromatic rings. The van der Waals surface area contributed by atoms with Crippen molar-refractivity contribution < 1.29 is 4.79 Å². The van der Waals surface area contributed by atoms with Crippen molar-refractivity contribution in [2.24, 2.45) is 5.92 Å². The lowest BCUT2D eigenvalue weighted by atomic mass is 9.90. The summed E-state index contributed by atoms with van der Waals surface area (Å²) in [5.41, 5.74) is 2.93. The molecule has 3 fully saturated rings. The maximum absolute atomic E-state index is 12.9. The normalized spacial score (nSPS) is 26.5. The van der Waals surface area contributed by atoms with Crippen LogP contribution in [0.15, 0.2) is 36.5 Å².